The van der Waals surface area contributed by atoms with E-state index in [1.165, 1.54) is 22.5 Å². The highest BCUT2D eigenvalue weighted by molar-refractivity contribution is 7.89. The average Bonchev–Trinajstić information content (AvgIpc) is 2.63. The van der Waals surface area contributed by atoms with Gasteiger partial charge in [-0.1, -0.05) is 19.9 Å². The molecule has 156 valence electrons. The summed E-state index contributed by atoms with van der Waals surface area (Å²) in [6.45, 7) is 7.24. The molecule has 1 heterocycles. The highest BCUT2D eigenvalue weighted by Crippen LogP contribution is 2.43. The highest BCUT2D eigenvalue weighted by atomic mass is 32.2. The predicted molar refractivity (Wildman–Crippen MR) is 108 cm³/mol. The van der Waals surface area contributed by atoms with Crippen molar-refractivity contribution >= 4 is 16.0 Å². The van der Waals surface area contributed by atoms with Crippen molar-refractivity contribution in [1.82, 2.24) is 4.31 Å². The number of nitrogens with zero attached hydrogens (tertiary/aromatic N) is 1. The van der Waals surface area contributed by atoms with Gasteiger partial charge in [-0.25, -0.2) is 13.2 Å². The molecular formula is C21H25NO6S. The number of fused-ring (bicyclic) bond motifs is 1. The summed E-state index contributed by atoms with van der Waals surface area (Å²) in [5, 5.41) is 18.7. The Kier molecular flexibility index (Phi) is 5.36. The van der Waals surface area contributed by atoms with Crippen molar-refractivity contribution in [1.29, 1.82) is 0 Å². The van der Waals surface area contributed by atoms with Gasteiger partial charge in [0.2, 0.25) is 10.0 Å². The smallest absolute Gasteiger partial charge is 0.341 e. The molecule has 0 spiro atoms. The summed E-state index contributed by atoms with van der Waals surface area (Å²) in [4.78, 5) is 10.8. The maximum absolute atomic E-state index is 13.4. The minimum Gasteiger partial charge on any atom is -0.508 e. The summed E-state index contributed by atoms with van der Waals surface area (Å²) in [7, 11) is -3.83. The van der Waals surface area contributed by atoms with E-state index < -0.39 is 34.1 Å². The van der Waals surface area contributed by atoms with E-state index in [1.54, 1.807) is 19.1 Å². The largest absolute Gasteiger partial charge is 0.508 e. The van der Waals surface area contributed by atoms with Crippen molar-refractivity contribution in [2.75, 3.05) is 13.2 Å². The third-order valence-electron chi connectivity index (χ3n) is 5.30. The Labute approximate surface area is 170 Å². The second-order valence-electron chi connectivity index (χ2n) is 7.99. The lowest BCUT2D eigenvalue weighted by molar-refractivity contribution is -0.139. The van der Waals surface area contributed by atoms with Gasteiger partial charge in [0.1, 0.15) is 11.5 Å². The van der Waals surface area contributed by atoms with Gasteiger partial charge < -0.3 is 14.9 Å². The summed E-state index contributed by atoms with van der Waals surface area (Å²) in [5.74, 6) is -0.678. The number of rotatable bonds is 5. The molecule has 0 saturated carbocycles. The molecule has 1 aliphatic heterocycles. The van der Waals surface area contributed by atoms with Crippen molar-refractivity contribution in [3.63, 3.8) is 0 Å². The molecule has 1 atom stereocenters. The van der Waals surface area contributed by atoms with Crippen LogP contribution in [0.5, 0.6) is 11.5 Å². The zero-order valence-electron chi connectivity index (χ0n) is 16.8. The number of carboxylic acid groups (broad SMARTS) is 1. The van der Waals surface area contributed by atoms with Crippen LogP contribution in [-0.4, -0.2) is 42.1 Å². The van der Waals surface area contributed by atoms with Gasteiger partial charge in [-0.05, 0) is 60.9 Å². The number of aryl methyl sites for hydroxylation is 1. The van der Waals surface area contributed by atoms with Gasteiger partial charge in [-0.2, -0.15) is 4.31 Å². The molecule has 0 radical (unpaired) electrons. The van der Waals surface area contributed by atoms with E-state index in [-0.39, 0.29) is 10.6 Å². The summed E-state index contributed by atoms with van der Waals surface area (Å²) in [6, 6.07) is 9.04. The minimum absolute atomic E-state index is 0.0985. The summed E-state index contributed by atoms with van der Waals surface area (Å²) >= 11 is 0. The second-order valence-corrected chi connectivity index (χ2v) is 9.88. The number of phenolic OH excluding ortho intramolecular Hbond substituents is 1. The fourth-order valence-electron chi connectivity index (χ4n) is 3.79. The fraction of sp³-hybridized carbons (Fsp3) is 0.381. The first-order chi connectivity index (χ1) is 13.4. The van der Waals surface area contributed by atoms with Crippen molar-refractivity contribution in [2.45, 2.75) is 44.0 Å². The standard InChI is InChI=1S/C21H25NO6S/c1-13-9-16(6-8-19(13)28-11-20(24)25)29(26,27)22-12-21(3,4)18-7-5-15(23)10-17(18)14(22)2/h5-10,14,23H,11-12H2,1-4H3,(H,24,25). The van der Waals surface area contributed by atoms with E-state index in [4.69, 9.17) is 9.84 Å². The second kappa shape index (κ2) is 7.35. The number of carboxylic acids is 1. The Morgan fingerprint density at radius 3 is 2.55 bits per heavy atom. The SMILES string of the molecule is Cc1cc(S(=O)(=O)N2CC(C)(C)c3ccc(O)cc3C2C)ccc1OCC(=O)O. The van der Waals surface area contributed by atoms with Crippen molar-refractivity contribution in [3.05, 3.63) is 53.1 Å². The molecule has 2 N–H and O–H groups in total. The number of hydrogen-bond donors (Lipinski definition) is 2. The Morgan fingerprint density at radius 2 is 1.93 bits per heavy atom. The molecule has 0 aromatic heterocycles. The highest BCUT2D eigenvalue weighted by Gasteiger charge is 2.42. The zero-order valence-corrected chi connectivity index (χ0v) is 17.7. The summed E-state index contributed by atoms with van der Waals surface area (Å²) in [5.41, 5.74) is 1.91. The van der Waals surface area contributed by atoms with Gasteiger partial charge in [0.05, 0.1) is 4.90 Å². The molecular weight excluding hydrogens is 394 g/mol. The van der Waals surface area contributed by atoms with Crippen LogP contribution < -0.4 is 4.74 Å². The molecule has 3 rings (SSSR count). The molecule has 7 nitrogen and oxygen atoms in total. The minimum atomic E-state index is -3.83. The molecule has 0 aliphatic carbocycles. The van der Waals surface area contributed by atoms with E-state index in [1.807, 2.05) is 26.8 Å². The lowest BCUT2D eigenvalue weighted by Gasteiger charge is -2.43. The molecule has 0 amide bonds. The van der Waals surface area contributed by atoms with Gasteiger partial charge in [-0.3, -0.25) is 0 Å². The molecule has 29 heavy (non-hydrogen) atoms. The van der Waals surface area contributed by atoms with Crippen LogP contribution in [0.15, 0.2) is 41.3 Å². The van der Waals surface area contributed by atoms with Gasteiger partial charge >= 0.3 is 5.97 Å². The van der Waals surface area contributed by atoms with E-state index in [0.717, 1.165) is 11.1 Å². The molecule has 8 heteroatoms. The topological polar surface area (TPSA) is 104 Å². The first-order valence-electron chi connectivity index (χ1n) is 9.24. The number of aliphatic carboxylic acids is 1. The van der Waals surface area contributed by atoms with E-state index >= 15 is 0 Å². The monoisotopic (exact) mass is 419 g/mol. The van der Waals surface area contributed by atoms with Crippen LogP contribution in [0.3, 0.4) is 0 Å². The number of carbonyl (C=O) groups is 1. The average molecular weight is 419 g/mol. The molecule has 0 saturated heterocycles. The van der Waals surface area contributed by atoms with Crippen LogP contribution in [-0.2, 0) is 20.2 Å². The van der Waals surface area contributed by atoms with Crippen LogP contribution in [0.2, 0.25) is 0 Å². The molecule has 2 aromatic rings. The number of hydrogen-bond acceptors (Lipinski definition) is 5. The summed E-state index contributed by atoms with van der Waals surface area (Å²) < 4.78 is 33.5. The van der Waals surface area contributed by atoms with Gasteiger partial charge in [0.25, 0.3) is 0 Å². The fourth-order valence-corrected chi connectivity index (χ4v) is 5.65. The Balaban J connectivity index is 1.99. The first-order valence-corrected chi connectivity index (χ1v) is 10.7. The quantitative estimate of drug-likeness (QED) is 0.771. The van der Waals surface area contributed by atoms with Crippen LogP contribution in [0, 0.1) is 6.92 Å². The number of benzene rings is 2. The lowest BCUT2D eigenvalue weighted by atomic mass is 9.77. The Morgan fingerprint density at radius 1 is 1.24 bits per heavy atom. The summed E-state index contributed by atoms with van der Waals surface area (Å²) in [6.07, 6.45) is 0. The van der Waals surface area contributed by atoms with Crippen molar-refractivity contribution in [2.24, 2.45) is 0 Å². The first kappa shape index (κ1) is 21.1. The Bertz CT molecular complexity index is 1060. The molecule has 0 fully saturated rings. The third-order valence-corrected chi connectivity index (χ3v) is 7.21. The van der Waals surface area contributed by atoms with E-state index in [0.29, 0.717) is 17.9 Å². The van der Waals surface area contributed by atoms with Crippen molar-refractivity contribution < 1.29 is 28.2 Å². The molecule has 1 aliphatic rings. The van der Waals surface area contributed by atoms with Crippen LogP contribution >= 0.6 is 0 Å². The van der Waals surface area contributed by atoms with Crippen molar-refractivity contribution in [3.8, 4) is 11.5 Å². The molecule has 2 aromatic carbocycles. The van der Waals surface area contributed by atoms with Crippen LogP contribution in [0.1, 0.15) is 43.5 Å². The van der Waals surface area contributed by atoms with E-state index in [2.05, 4.69) is 0 Å². The number of sulfonamides is 1. The lowest BCUT2D eigenvalue weighted by Crippen LogP contribution is -2.46. The number of ether oxygens (including phenoxy) is 1. The molecule has 0 bridgehead atoms. The van der Waals surface area contributed by atoms with Crippen LogP contribution in [0.25, 0.3) is 0 Å². The zero-order chi connectivity index (χ0) is 21.6. The maximum atomic E-state index is 13.4. The van der Waals surface area contributed by atoms with Gasteiger partial charge in [-0.15, -0.1) is 0 Å². The number of aromatic hydroxyl groups is 1. The third kappa shape index (κ3) is 3.95. The normalized spacial score (nSPS) is 18.8. The predicted octanol–water partition coefficient (Wildman–Crippen LogP) is 3.21. The van der Waals surface area contributed by atoms with Crippen LogP contribution in [0.4, 0.5) is 0 Å². The van der Waals surface area contributed by atoms with Gasteiger partial charge in [0, 0.05) is 18.0 Å². The maximum Gasteiger partial charge on any atom is 0.341 e. The molecule has 1 unspecified atom stereocenters. The van der Waals surface area contributed by atoms with E-state index in [9.17, 15) is 18.3 Å². The number of phenols is 1. The van der Waals surface area contributed by atoms with Gasteiger partial charge in [0.15, 0.2) is 6.61 Å². The Hall–Kier alpha value is -2.58.